The van der Waals surface area contributed by atoms with Gasteiger partial charge in [0.25, 0.3) is 0 Å². The van der Waals surface area contributed by atoms with Crippen LogP contribution in [-0.2, 0) is 6.54 Å². The monoisotopic (exact) mass is 337 g/mol. The number of rotatable bonds is 6. The Balaban J connectivity index is 2.05. The number of nitrogens with zero attached hydrogens (tertiary/aromatic N) is 2. The molecule has 1 aromatic heterocycles. The molecule has 0 spiro atoms. The number of benzene rings is 1. The lowest BCUT2D eigenvalue weighted by Crippen LogP contribution is -2.32. The third-order valence-electron chi connectivity index (χ3n) is 3.33. The zero-order chi connectivity index (χ0) is 14.5. The zero-order valence-corrected chi connectivity index (χ0v) is 13.6. The maximum absolute atomic E-state index is 5.71. The first-order chi connectivity index (χ1) is 9.61. The van der Waals surface area contributed by atoms with Gasteiger partial charge in [0, 0.05) is 10.5 Å². The molecule has 0 aliphatic heterocycles. The lowest BCUT2D eigenvalue weighted by molar-refractivity contribution is 0.363. The van der Waals surface area contributed by atoms with Crippen molar-refractivity contribution in [2.24, 2.45) is 5.92 Å². The van der Waals surface area contributed by atoms with Crippen LogP contribution in [-0.4, -0.2) is 16.2 Å². The van der Waals surface area contributed by atoms with Crippen LogP contribution in [0.3, 0.4) is 0 Å². The molecule has 1 heterocycles. The molecule has 2 aromatic rings. The molecule has 1 N–H and O–H groups in total. The summed E-state index contributed by atoms with van der Waals surface area (Å²) in [4.78, 5) is 0. The van der Waals surface area contributed by atoms with E-state index in [9.17, 15) is 0 Å². The van der Waals surface area contributed by atoms with Crippen LogP contribution in [0.4, 0.5) is 0 Å². The van der Waals surface area contributed by atoms with Gasteiger partial charge < -0.3 is 9.73 Å². The molecule has 0 bridgehead atoms. The van der Waals surface area contributed by atoms with Crippen LogP contribution < -0.4 is 5.32 Å². The molecule has 0 aliphatic rings. The molecule has 5 heteroatoms. The van der Waals surface area contributed by atoms with Crippen LogP contribution in [0.5, 0.6) is 0 Å². The number of hydrogen-bond acceptors (Lipinski definition) is 4. The third-order valence-corrected chi connectivity index (χ3v) is 4.02. The quantitative estimate of drug-likeness (QED) is 0.864. The van der Waals surface area contributed by atoms with E-state index in [0.717, 1.165) is 16.5 Å². The van der Waals surface area contributed by atoms with Crippen molar-refractivity contribution in [3.8, 4) is 11.5 Å². The Morgan fingerprint density at radius 3 is 2.65 bits per heavy atom. The summed E-state index contributed by atoms with van der Waals surface area (Å²) >= 11 is 3.49. The molecule has 20 heavy (non-hydrogen) atoms. The summed E-state index contributed by atoms with van der Waals surface area (Å²) in [5.74, 6) is 1.76. The summed E-state index contributed by atoms with van der Waals surface area (Å²) < 4.78 is 6.67. The van der Waals surface area contributed by atoms with Crippen molar-refractivity contribution in [3.63, 3.8) is 0 Å². The summed E-state index contributed by atoms with van der Waals surface area (Å²) in [6.45, 7) is 7.20. The van der Waals surface area contributed by atoms with Gasteiger partial charge in [-0.1, -0.05) is 32.9 Å². The van der Waals surface area contributed by atoms with E-state index in [4.69, 9.17) is 4.42 Å². The van der Waals surface area contributed by atoms with Crippen molar-refractivity contribution in [3.05, 3.63) is 34.6 Å². The van der Waals surface area contributed by atoms with Gasteiger partial charge in [0.15, 0.2) is 0 Å². The van der Waals surface area contributed by atoms with Gasteiger partial charge in [0.05, 0.1) is 12.1 Å². The first-order valence-corrected chi connectivity index (χ1v) is 7.71. The van der Waals surface area contributed by atoms with Crippen LogP contribution in [0.2, 0.25) is 0 Å². The fraction of sp³-hybridized carbons (Fsp3) is 0.467. The lowest BCUT2D eigenvalue weighted by atomic mass is 10.0. The first-order valence-electron chi connectivity index (χ1n) is 6.92. The Morgan fingerprint density at radius 1 is 1.25 bits per heavy atom. The van der Waals surface area contributed by atoms with Gasteiger partial charge >= 0.3 is 0 Å². The average molecular weight is 338 g/mol. The average Bonchev–Trinajstić information content (AvgIpc) is 2.88. The molecule has 2 rings (SSSR count). The Labute approximate surface area is 128 Å². The highest BCUT2D eigenvalue weighted by molar-refractivity contribution is 9.10. The van der Waals surface area contributed by atoms with Crippen molar-refractivity contribution in [2.45, 2.75) is 39.8 Å². The van der Waals surface area contributed by atoms with Gasteiger partial charge in [-0.15, -0.1) is 10.2 Å². The SMILES string of the molecule is CCC(NCc1nnc(-c2ccccc2Br)o1)C(C)C. The van der Waals surface area contributed by atoms with Crippen molar-refractivity contribution in [1.29, 1.82) is 0 Å². The van der Waals surface area contributed by atoms with Crippen LogP contribution >= 0.6 is 15.9 Å². The minimum atomic E-state index is 0.466. The van der Waals surface area contributed by atoms with Gasteiger partial charge in [-0.05, 0) is 40.4 Å². The molecule has 1 unspecified atom stereocenters. The lowest BCUT2D eigenvalue weighted by Gasteiger charge is -2.19. The molecule has 0 saturated heterocycles. The third kappa shape index (κ3) is 3.67. The van der Waals surface area contributed by atoms with E-state index in [1.807, 2.05) is 24.3 Å². The highest BCUT2D eigenvalue weighted by Gasteiger charge is 2.14. The molecule has 0 saturated carbocycles. The maximum atomic E-state index is 5.71. The van der Waals surface area contributed by atoms with Gasteiger partial charge in [0.1, 0.15) is 0 Å². The molecule has 1 atom stereocenters. The number of aromatic nitrogens is 2. The molecular formula is C15H20BrN3O. The summed E-state index contributed by atoms with van der Waals surface area (Å²) in [6, 6.07) is 8.30. The van der Waals surface area contributed by atoms with E-state index >= 15 is 0 Å². The molecule has 0 fully saturated rings. The van der Waals surface area contributed by atoms with Crippen molar-refractivity contribution in [1.82, 2.24) is 15.5 Å². The van der Waals surface area contributed by atoms with Crippen LogP contribution in [0.25, 0.3) is 11.5 Å². The van der Waals surface area contributed by atoms with E-state index in [1.54, 1.807) is 0 Å². The fourth-order valence-corrected chi connectivity index (χ4v) is 2.59. The molecule has 4 nitrogen and oxygen atoms in total. The van der Waals surface area contributed by atoms with Crippen LogP contribution in [0.1, 0.15) is 33.1 Å². The Kier molecular flexibility index (Phi) is 5.31. The maximum Gasteiger partial charge on any atom is 0.248 e. The zero-order valence-electron chi connectivity index (χ0n) is 12.1. The van der Waals surface area contributed by atoms with E-state index in [0.29, 0.717) is 30.3 Å². The van der Waals surface area contributed by atoms with Gasteiger partial charge in [-0.3, -0.25) is 0 Å². The van der Waals surface area contributed by atoms with Crippen molar-refractivity contribution < 1.29 is 4.42 Å². The summed E-state index contributed by atoms with van der Waals surface area (Å²) in [5.41, 5.74) is 0.919. The topological polar surface area (TPSA) is 51.0 Å². The van der Waals surface area contributed by atoms with E-state index in [1.165, 1.54) is 0 Å². The minimum absolute atomic E-state index is 0.466. The smallest absolute Gasteiger partial charge is 0.248 e. The minimum Gasteiger partial charge on any atom is -0.419 e. The highest BCUT2D eigenvalue weighted by atomic mass is 79.9. The van der Waals surface area contributed by atoms with Crippen molar-refractivity contribution in [2.75, 3.05) is 0 Å². The predicted molar refractivity (Wildman–Crippen MR) is 83.2 cm³/mol. The van der Waals surface area contributed by atoms with Crippen LogP contribution in [0.15, 0.2) is 33.2 Å². The van der Waals surface area contributed by atoms with Gasteiger partial charge in [-0.2, -0.15) is 0 Å². The summed E-state index contributed by atoms with van der Waals surface area (Å²) in [7, 11) is 0. The Hall–Kier alpha value is -1.20. The second kappa shape index (κ2) is 6.99. The first kappa shape index (κ1) is 15.2. The molecule has 108 valence electrons. The van der Waals surface area contributed by atoms with E-state index < -0.39 is 0 Å². The van der Waals surface area contributed by atoms with Crippen LogP contribution in [0, 0.1) is 5.92 Å². The van der Waals surface area contributed by atoms with E-state index in [-0.39, 0.29) is 0 Å². The molecule has 0 aliphatic carbocycles. The summed E-state index contributed by atoms with van der Waals surface area (Å²) in [5, 5.41) is 11.7. The Bertz CT molecular complexity index is 554. The molecular weight excluding hydrogens is 318 g/mol. The number of hydrogen-bond donors (Lipinski definition) is 1. The van der Waals surface area contributed by atoms with E-state index in [2.05, 4.69) is 52.2 Å². The highest BCUT2D eigenvalue weighted by Crippen LogP contribution is 2.26. The molecule has 0 amide bonds. The largest absolute Gasteiger partial charge is 0.419 e. The summed E-state index contributed by atoms with van der Waals surface area (Å²) in [6.07, 6.45) is 1.09. The Morgan fingerprint density at radius 2 is 2.00 bits per heavy atom. The number of nitrogens with one attached hydrogen (secondary N) is 1. The second-order valence-corrected chi connectivity index (χ2v) is 5.97. The standard InChI is InChI=1S/C15H20BrN3O/c1-4-13(10(2)3)17-9-14-18-19-15(20-14)11-7-5-6-8-12(11)16/h5-8,10,13,17H,4,9H2,1-3H3. The normalized spacial score (nSPS) is 12.8. The molecule has 0 radical (unpaired) electrons. The fourth-order valence-electron chi connectivity index (χ4n) is 2.14. The van der Waals surface area contributed by atoms with Gasteiger partial charge in [0.2, 0.25) is 11.8 Å². The predicted octanol–water partition coefficient (Wildman–Crippen LogP) is 4.02. The number of halogens is 1. The molecule has 1 aromatic carbocycles. The van der Waals surface area contributed by atoms with Crippen molar-refractivity contribution >= 4 is 15.9 Å². The second-order valence-electron chi connectivity index (χ2n) is 5.12. The van der Waals surface area contributed by atoms with Gasteiger partial charge in [-0.25, -0.2) is 0 Å².